The fourth-order valence-electron chi connectivity index (χ4n) is 3.27. The molecular weight excluding hydrogens is 346 g/mol. The maximum Gasteiger partial charge on any atom is 0.333 e. The van der Waals surface area contributed by atoms with Gasteiger partial charge in [0, 0.05) is 4.75 Å². The Labute approximate surface area is 149 Å². The topological polar surface area (TPSA) is 104 Å². The van der Waals surface area contributed by atoms with E-state index in [1.165, 1.54) is 16.7 Å². The van der Waals surface area contributed by atoms with Crippen molar-refractivity contribution in [2.75, 3.05) is 0 Å². The molecule has 2 fully saturated rings. The summed E-state index contributed by atoms with van der Waals surface area (Å²) >= 11 is 1.31. The summed E-state index contributed by atoms with van der Waals surface area (Å²) < 4.78 is 4.73. The molecule has 2 aliphatic heterocycles. The molecule has 3 rings (SSSR count). The van der Waals surface area contributed by atoms with Gasteiger partial charge in [-0.05, 0) is 19.4 Å². The standard InChI is InChI=1S/C17H19NO6S/c1-17(2)12(16(23)24-8-9-6-4-3-5-7-9)18-13(20)10(14(18)25-17)11(19)15(21)22/h3-7,10-12,14,19H,8H2,1-2H3,(H,21,22)/t10-,11+,12+,14-/m1/s1. The second kappa shape index (κ2) is 6.34. The van der Waals surface area contributed by atoms with Gasteiger partial charge < -0.3 is 19.8 Å². The molecule has 4 atom stereocenters. The third kappa shape index (κ3) is 3.00. The van der Waals surface area contributed by atoms with E-state index in [9.17, 15) is 19.5 Å². The molecule has 2 saturated heterocycles. The molecule has 0 saturated carbocycles. The van der Waals surface area contributed by atoms with Gasteiger partial charge in [0.2, 0.25) is 5.91 Å². The van der Waals surface area contributed by atoms with Gasteiger partial charge in [-0.1, -0.05) is 30.3 Å². The van der Waals surface area contributed by atoms with Crippen LogP contribution in [0.5, 0.6) is 0 Å². The molecule has 8 heteroatoms. The van der Waals surface area contributed by atoms with Crippen molar-refractivity contribution < 1.29 is 29.3 Å². The summed E-state index contributed by atoms with van der Waals surface area (Å²) in [7, 11) is 0. The number of ether oxygens (including phenoxy) is 1. The third-order valence-corrected chi connectivity index (χ3v) is 6.12. The van der Waals surface area contributed by atoms with Crippen molar-refractivity contribution in [1.29, 1.82) is 0 Å². The molecule has 7 nitrogen and oxygen atoms in total. The van der Waals surface area contributed by atoms with E-state index in [0.717, 1.165) is 5.56 Å². The predicted octanol–water partition coefficient (Wildman–Crippen LogP) is 0.854. The van der Waals surface area contributed by atoms with Crippen molar-refractivity contribution in [3.05, 3.63) is 35.9 Å². The van der Waals surface area contributed by atoms with E-state index in [0.29, 0.717) is 0 Å². The number of carbonyl (C=O) groups is 3. The molecule has 2 aliphatic rings. The van der Waals surface area contributed by atoms with Gasteiger partial charge in [0.15, 0.2) is 6.10 Å². The number of hydrogen-bond acceptors (Lipinski definition) is 6. The highest BCUT2D eigenvalue weighted by Gasteiger charge is 2.66. The van der Waals surface area contributed by atoms with E-state index in [1.54, 1.807) is 0 Å². The van der Waals surface area contributed by atoms with E-state index in [1.807, 2.05) is 44.2 Å². The summed E-state index contributed by atoms with van der Waals surface area (Å²) in [6.07, 6.45) is -1.77. The van der Waals surface area contributed by atoms with E-state index < -0.39 is 46.0 Å². The third-order valence-electron chi connectivity index (χ3n) is 4.52. The molecule has 0 bridgehead atoms. The summed E-state index contributed by atoms with van der Waals surface area (Å²) in [6, 6.07) is 8.39. The summed E-state index contributed by atoms with van der Waals surface area (Å²) in [5.41, 5.74) is 0.838. The number of benzene rings is 1. The summed E-state index contributed by atoms with van der Waals surface area (Å²) in [4.78, 5) is 37.2. The van der Waals surface area contributed by atoms with Crippen LogP contribution in [0, 0.1) is 5.92 Å². The molecule has 1 aromatic rings. The van der Waals surface area contributed by atoms with Gasteiger partial charge in [0.05, 0.1) is 5.37 Å². The Hall–Kier alpha value is -2.06. The number of carbonyl (C=O) groups excluding carboxylic acids is 2. The van der Waals surface area contributed by atoms with E-state index in [2.05, 4.69) is 0 Å². The first-order valence-corrected chi connectivity index (χ1v) is 8.73. The van der Waals surface area contributed by atoms with E-state index >= 15 is 0 Å². The fourth-order valence-corrected chi connectivity index (χ4v) is 4.99. The largest absolute Gasteiger partial charge is 0.479 e. The van der Waals surface area contributed by atoms with Gasteiger partial charge in [-0.25, -0.2) is 9.59 Å². The van der Waals surface area contributed by atoms with Crippen LogP contribution in [0.15, 0.2) is 30.3 Å². The lowest BCUT2D eigenvalue weighted by atomic mass is 9.88. The number of aliphatic carboxylic acids is 1. The first kappa shape index (κ1) is 17.8. The van der Waals surface area contributed by atoms with Gasteiger partial charge >= 0.3 is 11.9 Å². The molecule has 0 aliphatic carbocycles. The number of esters is 1. The minimum absolute atomic E-state index is 0.102. The van der Waals surface area contributed by atoms with E-state index in [-0.39, 0.29) is 6.61 Å². The molecule has 0 unspecified atom stereocenters. The number of fused-ring (bicyclic) bond motifs is 1. The van der Waals surface area contributed by atoms with Crippen LogP contribution in [0.1, 0.15) is 19.4 Å². The summed E-state index contributed by atoms with van der Waals surface area (Å²) in [5, 5.41) is 18.1. The number of β-lactam (4-membered cyclic amide) rings is 1. The number of carboxylic acids is 1. The van der Waals surface area contributed by atoms with Crippen molar-refractivity contribution in [3.63, 3.8) is 0 Å². The predicted molar refractivity (Wildman–Crippen MR) is 89.5 cm³/mol. The Morgan fingerprint density at radius 3 is 2.56 bits per heavy atom. The maximum absolute atomic E-state index is 12.6. The molecule has 2 heterocycles. The Bertz CT molecular complexity index is 706. The first-order chi connectivity index (χ1) is 11.7. The highest BCUT2D eigenvalue weighted by atomic mass is 32.2. The number of hydrogen-bond donors (Lipinski definition) is 2. The zero-order chi connectivity index (χ0) is 18.4. The molecule has 0 radical (unpaired) electrons. The van der Waals surface area contributed by atoms with Gasteiger partial charge in [-0.15, -0.1) is 11.8 Å². The second-order valence-electron chi connectivity index (χ2n) is 6.66. The second-order valence-corrected chi connectivity index (χ2v) is 8.43. The molecular formula is C17H19NO6S. The summed E-state index contributed by atoms with van der Waals surface area (Å²) in [6.45, 7) is 3.72. The maximum atomic E-state index is 12.6. The zero-order valence-corrected chi connectivity index (χ0v) is 14.6. The minimum Gasteiger partial charge on any atom is -0.479 e. The quantitative estimate of drug-likeness (QED) is 0.589. The number of rotatable bonds is 5. The minimum atomic E-state index is -1.77. The number of aliphatic hydroxyl groups is 1. The highest BCUT2D eigenvalue weighted by Crippen LogP contribution is 2.54. The SMILES string of the molecule is CC1(C)S[C@@H]2[C@H]([C@H](O)C(=O)O)C(=O)N2[C@H]1C(=O)OCc1ccccc1. The summed E-state index contributed by atoms with van der Waals surface area (Å²) in [5.74, 6) is -3.53. The molecule has 134 valence electrons. The Morgan fingerprint density at radius 1 is 1.32 bits per heavy atom. The Morgan fingerprint density at radius 2 is 1.96 bits per heavy atom. The van der Waals surface area contributed by atoms with Crippen LogP contribution in [0.2, 0.25) is 0 Å². The molecule has 2 N–H and O–H groups in total. The van der Waals surface area contributed by atoms with Crippen LogP contribution in [-0.4, -0.2) is 55.2 Å². The smallest absolute Gasteiger partial charge is 0.333 e. The van der Waals surface area contributed by atoms with Crippen molar-refractivity contribution in [3.8, 4) is 0 Å². The van der Waals surface area contributed by atoms with Crippen molar-refractivity contribution in [2.24, 2.45) is 5.92 Å². The monoisotopic (exact) mass is 365 g/mol. The molecule has 1 aromatic carbocycles. The number of carboxylic acid groups (broad SMARTS) is 1. The van der Waals surface area contributed by atoms with Crippen LogP contribution in [0.25, 0.3) is 0 Å². The first-order valence-electron chi connectivity index (χ1n) is 7.85. The molecule has 1 amide bonds. The van der Waals surface area contributed by atoms with Gasteiger partial charge in [0.1, 0.15) is 18.6 Å². The zero-order valence-electron chi connectivity index (χ0n) is 13.8. The molecule has 0 spiro atoms. The van der Waals surface area contributed by atoms with Crippen LogP contribution in [-0.2, 0) is 25.7 Å². The van der Waals surface area contributed by atoms with Crippen LogP contribution in [0.4, 0.5) is 0 Å². The Balaban J connectivity index is 1.72. The Kier molecular flexibility index (Phi) is 4.51. The lowest BCUT2D eigenvalue weighted by Crippen LogP contribution is -2.66. The lowest BCUT2D eigenvalue weighted by molar-refractivity contribution is -0.177. The molecule has 25 heavy (non-hydrogen) atoms. The van der Waals surface area contributed by atoms with Crippen molar-refractivity contribution in [2.45, 2.75) is 42.7 Å². The van der Waals surface area contributed by atoms with Gasteiger partial charge in [-0.3, -0.25) is 4.79 Å². The highest BCUT2D eigenvalue weighted by molar-refractivity contribution is 8.01. The molecule has 0 aromatic heterocycles. The number of amides is 1. The van der Waals surface area contributed by atoms with E-state index in [4.69, 9.17) is 9.84 Å². The number of nitrogens with zero attached hydrogens (tertiary/aromatic N) is 1. The lowest BCUT2D eigenvalue weighted by Gasteiger charge is -2.44. The van der Waals surface area contributed by atoms with Crippen LogP contribution in [0.3, 0.4) is 0 Å². The number of aliphatic hydroxyl groups excluding tert-OH is 1. The normalized spacial score (nSPS) is 28.0. The average molecular weight is 365 g/mol. The van der Waals surface area contributed by atoms with Crippen molar-refractivity contribution >= 4 is 29.6 Å². The van der Waals surface area contributed by atoms with Crippen molar-refractivity contribution in [1.82, 2.24) is 4.90 Å². The fraction of sp³-hybridized carbons (Fsp3) is 0.471. The average Bonchev–Trinajstić information content (AvgIpc) is 2.81. The van der Waals surface area contributed by atoms with Gasteiger partial charge in [0.25, 0.3) is 0 Å². The number of thioether (sulfide) groups is 1. The van der Waals surface area contributed by atoms with Crippen LogP contribution >= 0.6 is 11.8 Å². The van der Waals surface area contributed by atoms with Crippen LogP contribution < -0.4 is 0 Å². The van der Waals surface area contributed by atoms with Gasteiger partial charge in [-0.2, -0.15) is 0 Å².